The van der Waals surface area contributed by atoms with Gasteiger partial charge in [0.1, 0.15) is 5.03 Å². The van der Waals surface area contributed by atoms with Crippen LogP contribution in [0.2, 0.25) is 0 Å². The molecule has 102 valence electrons. The molecule has 0 saturated carbocycles. The third-order valence-electron chi connectivity index (χ3n) is 2.95. The van der Waals surface area contributed by atoms with Crippen molar-refractivity contribution in [3.63, 3.8) is 0 Å². The molecule has 19 heavy (non-hydrogen) atoms. The Morgan fingerprint density at radius 1 is 1.16 bits per heavy atom. The monoisotopic (exact) mass is 274 g/mol. The Labute approximate surface area is 120 Å². The Balaban J connectivity index is 2.27. The minimum Gasteiger partial charge on any atom is -0.313 e. The van der Waals surface area contributed by atoms with Crippen molar-refractivity contribution in [2.75, 3.05) is 12.3 Å². The maximum Gasteiger partial charge on any atom is 0.101 e. The Hall–Kier alpha value is -1.06. The Bertz CT molecular complexity index is 525. The molecule has 0 spiro atoms. The number of hydrogen-bond donors (Lipinski definition) is 1. The lowest BCUT2D eigenvalue weighted by Crippen LogP contribution is -2.14. The highest BCUT2D eigenvalue weighted by atomic mass is 32.2. The summed E-state index contributed by atoms with van der Waals surface area (Å²) in [7, 11) is 0. The smallest absolute Gasteiger partial charge is 0.101 e. The normalized spacial score (nSPS) is 11.1. The van der Waals surface area contributed by atoms with Crippen LogP contribution in [0.15, 0.2) is 35.4 Å². The zero-order chi connectivity index (χ0) is 13.5. The number of benzene rings is 1. The summed E-state index contributed by atoms with van der Waals surface area (Å²) < 4.78 is 0. The van der Waals surface area contributed by atoms with E-state index in [-0.39, 0.29) is 0 Å². The van der Waals surface area contributed by atoms with Crippen LogP contribution >= 0.6 is 11.8 Å². The van der Waals surface area contributed by atoms with E-state index in [0.29, 0.717) is 0 Å². The summed E-state index contributed by atoms with van der Waals surface area (Å²) in [5.41, 5.74) is 2.42. The summed E-state index contributed by atoms with van der Waals surface area (Å²) in [4.78, 5) is 4.81. The van der Waals surface area contributed by atoms with Crippen LogP contribution in [0.1, 0.15) is 32.3 Å². The molecule has 0 aliphatic heterocycles. The van der Waals surface area contributed by atoms with Crippen LogP contribution < -0.4 is 5.32 Å². The number of thioether (sulfide) groups is 1. The van der Waals surface area contributed by atoms with Crippen LogP contribution in [-0.4, -0.2) is 17.3 Å². The molecule has 1 N–H and O–H groups in total. The number of nitrogens with zero attached hydrogens (tertiary/aromatic N) is 1. The summed E-state index contributed by atoms with van der Waals surface area (Å²) >= 11 is 1.87. The fourth-order valence-electron chi connectivity index (χ4n) is 1.99. The zero-order valence-corrected chi connectivity index (χ0v) is 12.6. The van der Waals surface area contributed by atoms with Crippen molar-refractivity contribution in [2.45, 2.75) is 38.3 Å². The van der Waals surface area contributed by atoms with Crippen molar-refractivity contribution in [3.05, 3.63) is 35.9 Å². The molecule has 2 nitrogen and oxygen atoms in total. The molecule has 2 rings (SSSR count). The molecule has 0 bridgehead atoms. The summed E-state index contributed by atoms with van der Waals surface area (Å²) in [6, 6.07) is 10.6. The molecule has 0 aliphatic rings. The average Bonchev–Trinajstić information content (AvgIpc) is 2.45. The van der Waals surface area contributed by atoms with E-state index in [1.54, 1.807) is 0 Å². The van der Waals surface area contributed by atoms with Crippen LogP contribution in [0.5, 0.6) is 0 Å². The number of fused-ring (bicyclic) bond motifs is 1. The molecule has 0 aliphatic carbocycles. The van der Waals surface area contributed by atoms with Gasteiger partial charge in [0, 0.05) is 11.9 Å². The first-order chi connectivity index (χ1) is 9.35. The molecule has 0 radical (unpaired) electrons. The minimum absolute atomic E-state index is 0.914. The molecule has 0 amide bonds. The Morgan fingerprint density at radius 3 is 2.79 bits per heavy atom. The molecular formula is C16H22N2S. The number of nitrogens with one attached hydrogen (secondary N) is 1. The molecule has 3 heteroatoms. The van der Waals surface area contributed by atoms with Gasteiger partial charge in [-0.3, -0.25) is 0 Å². The third-order valence-corrected chi connectivity index (χ3v) is 4.19. The van der Waals surface area contributed by atoms with Gasteiger partial charge in [-0.2, -0.15) is 0 Å². The fraction of sp³-hybridized carbons (Fsp3) is 0.438. The molecule has 0 saturated heterocycles. The number of para-hydroxylation sites is 1. The Morgan fingerprint density at radius 2 is 2.00 bits per heavy atom. The van der Waals surface area contributed by atoms with E-state index in [0.717, 1.165) is 24.4 Å². The number of pyridine rings is 1. The van der Waals surface area contributed by atoms with Gasteiger partial charge in [0.15, 0.2) is 0 Å². The van der Waals surface area contributed by atoms with E-state index in [9.17, 15) is 0 Å². The first-order valence-corrected chi connectivity index (χ1v) is 8.06. The first kappa shape index (κ1) is 14.4. The van der Waals surface area contributed by atoms with Crippen LogP contribution in [0.25, 0.3) is 10.9 Å². The standard InChI is InChI=1S/C16H22N2S/c1-3-9-17-12-14-11-13-7-5-6-8-15(13)18-16(14)19-10-4-2/h5-8,11,17H,3-4,9-10,12H2,1-2H3. The summed E-state index contributed by atoms with van der Waals surface area (Å²) in [5, 5.41) is 5.90. The van der Waals surface area contributed by atoms with Gasteiger partial charge in [0.25, 0.3) is 0 Å². The average molecular weight is 274 g/mol. The lowest BCUT2D eigenvalue weighted by molar-refractivity contribution is 0.666. The van der Waals surface area contributed by atoms with E-state index in [2.05, 4.69) is 49.5 Å². The molecule has 0 unspecified atom stereocenters. The van der Waals surface area contributed by atoms with Gasteiger partial charge in [0.2, 0.25) is 0 Å². The molecule has 1 aromatic heterocycles. The van der Waals surface area contributed by atoms with Gasteiger partial charge in [-0.1, -0.05) is 32.0 Å². The van der Waals surface area contributed by atoms with Crippen molar-refractivity contribution in [2.24, 2.45) is 0 Å². The van der Waals surface area contributed by atoms with Crippen molar-refractivity contribution < 1.29 is 0 Å². The number of rotatable bonds is 7. The summed E-state index contributed by atoms with van der Waals surface area (Å²) in [5.74, 6) is 1.13. The van der Waals surface area contributed by atoms with E-state index in [1.165, 1.54) is 28.8 Å². The quantitative estimate of drug-likeness (QED) is 0.604. The van der Waals surface area contributed by atoms with E-state index < -0.39 is 0 Å². The van der Waals surface area contributed by atoms with E-state index in [1.807, 2.05) is 11.8 Å². The molecular weight excluding hydrogens is 252 g/mol. The second-order valence-electron chi connectivity index (χ2n) is 4.67. The number of hydrogen-bond acceptors (Lipinski definition) is 3. The second kappa shape index (κ2) is 7.51. The molecule has 2 aromatic rings. The summed E-state index contributed by atoms with van der Waals surface area (Å²) in [6.45, 7) is 6.38. The van der Waals surface area contributed by atoms with Crippen molar-refractivity contribution in [1.82, 2.24) is 10.3 Å². The molecule has 1 aromatic carbocycles. The highest BCUT2D eigenvalue weighted by molar-refractivity contribution is 7.99. The largest absolute Gasteiger partial charge is 0.313 e. The highest BCUT2D eigenvalue weighted by Gasteiger charge is 2.07. The van der Waals surface area contributed by atoms with Crippen molar-refractivity contribution >= 4 is 22.7 Å². The highest BCUT2D eigenvalue weighted by Crippen LogP contribution is 2.25. The predicted molar refractivity (Wildman–Crippen MR) is 84.8 cm³/mol. The minimum atomic E-state index is 0.914. The second-order valence-corrected chi connectivity index (χ2v) is 5.75. The van der Waals surface area contributed by atoms with Gasteiger partial charge in [0.05, 0.1) is 5.52 Å². The van der Waals surface area contributed by atoms with Gasteiger partial charge in [-0.25, -0.2) is 4.98 Å². The number of aromatic nitrogens is 1. The van der Waals surface area contributed by atoms with Crippen LogP contribution in [0.4, 0.5) is 0 Å². The topological polar surface area (TPSA) is 24.9 Å². The molecule has 0 atom stereocenters. The summed E-state index contributed by atoms with van der Waals surface area (Å²) in [6.07, 6.45) is 2.35. The lowest BCUT2D eigenvalue weighted by Gasteiger charge is -2.10. The molecule has 0 fully saturated rings. The van der Waals surface area contributed by atoms with Crippen LogP contribution in [-0.2, 0) is 6.54 Å². The molecule has 1 heterocycles. The lowest BCUT2D eigenvalue weighted by atomic mass is 10.1. The van der Waals surface area contributed by atoms with Crippen molar-refractivity contribution in [3.8, 4) is 0 Å². The predicted octanol–water partition coefficient (Wildman–Crippen LogP) is 4.24. The van der Waals surface area contributed by atoms with Gasteiger partial charge < -0.3 is 5.32 Å². The maximum atomic E-state index is 4.81. The maximum absolute atomic E-state index is 4.81. The van der Waals surface area contributed by atoms with Gasteiger partial charge in [-0.15, -0.1) is 11.8 Å². The zero-order valence-electron chi connectivity index (χ0n) is 11.8. The van der Waals surface area contributed by atoms with Gasteiger partial charge >= 0.3 is 0 Å². The Kier molecular flexibility index (Phi) is 5.67. The van der Waals surface area contributed by atoms with Crippen LogP contribution in [0, 0.1) is 0 Å². The fourth-order valence-corrected chi connectivity index (χ4v) is 2.87. The van der Waals surface area contributed by atoms with Gasteiger partial charge in [-0.05, 0) is 42.8 Å². The van der Waals surface area contributed by atoms with Crippen LogP contribution in [0.3, 0.4) is 0 Å². The van der Waals surface area contributed by atoms with E-state index in [4.69, 9.17) is 4.98 Å². The SMILES string of the molecule is CCCNCc1cc2ccccc2nc1SCCC. The van der Waals surface area contributed by atoms with E-state index >= 15 is 0 Å². The van der Waals surface area contributed by atoms with Crippen molar-refractivity contribution in [1.29, 1.82) is 0 Å². The first-order valence-electron chi connectivity index (χ1n) is 7.07. The third kappa shape index (κ3) is 3.95.